The van der Waals surface area contributed by atoms with E-state index in [9.17, 15) is 4.79 Å². The molecule has 6 nitrogen and oxygen atoms in total. The normalized spacial score (nSPS) is 16.0. The summed E-state index contributed by atoms with van der Waals surface area (Å²) in [4.78, 5) is 15.0. The van der Waals surface area contributed by atoms with Gasteiger partial charge in [-0.25, -0.2) is 0 Å². The Labute approximate surface area is 167 Å². The second-order valence-electron chi connectivity index (χ2n) is 7.37. The predicted octanol–water partition coefficient (Wildman–Crippen LogP) is 3.63. The molecule has 2 aromatic rings. The van der Waals surface area contributed by atoms with E-state index in [0.29, 0.717) is 6.54 Å². The molecule has 0 bridgehead atoms. The molecule has 1 atom stereocenters. The Morgan fingerprint density at radius 3 is 2.71 bits per heavy atom. The Balaban J connectivity index is 1.55. The number of hydrogen-bond acceptors (Lipinski definition) is 4. The van der Waals surface area contributed by atoms with E-state index in [1.807, 2.05) is 41.3 Å². The molecule has 0 spiro atoms. The molecule has 1 N–H and O–H groups in total. The number of aryl methyl sites for hydroxylation is 1. The molecule has 3 rings (SSSR count). The molecule has 1 aromatic heterocycles. The zero-order chi connectivity index (χ0) is 19.8. The number of hydrogen-bond donors (Lipinski definition) is 1. The average molecular weight is 385 g/mol. The standard InChI is InChI=1S/C22H32N4O2/c1-3-18(4-2)24-22(27)21-17-25(19-11-6-7-12-20(19)28-21)14-8-5-9-15-26-16-10-13-23-26/h6-7,10-13,16,18,21H,3-5,8-9,14-15,17H2,1-2H3,(H,24,27). The van der Waals surface area contributed by atoms with Crippen LogP contribution >= 0.6 is 0 Å². The molecule has 1 aliphatic rings. The third kappa shape index (κ3) is 5.27. The zero-order valence-electron chi connectivity index (χ0n) is 17.0. The zero-order valence-corrected chi connectivity index (χ0v) is 17.0. The van der Waals surface area contributed by atoms with E-state index < -0.39 is 6.10 Å². The summed E-state index contributed by atoms with van der Waals surface area (Å²) < 4.78 is 8.00. The molecule has 1 amide bonds. The average Bonchev–Trinajstić information content (AvgIpc) is 3.24. The number of carbonyl (C=O) groups is 1. The number of aromatic nitrogens is 2. The van der Waals surface area contributed by atoms with Crippen molar-refractivity contribution in [3.8, 4) is 5.75 Å². The molecule has 2 heterocycles. The first-order valence-electron chi connectivity index (χ1n) is 10.5. The molecule has 6 heteroatoms. The van der Waals surface area contributed by atoms with Crippen LogP contribution in [0.15, 0.2) is 42.7 Å². The largest absolute Gasteiger partial charge is 0.477 e. The summed E-state index contributed by atoms with van der Waals surface area (Å²) in [6, 6.07) is 10.2. The highest BCUT2D eigenvalue weighted by molar-refractivity contribution is 5.83. The lowest BCUT2D eigenvalue weighted by Gasteiger charge is -2.36. The van der Waals surface area contributed by atoms with Gasteiger partial charge >= 0.3 is 0 Å². The summed E-state index contributed by atoms with van der Waals surface area (Å²) in [5.41, 5.74) is 1.08. The van der Waals surface area contributed by atoms with Crippen LogP contribution in [0.3, 0.4) is 0 Å². The van der Waals surface area contributed by atoms with E-state index in [1.165, 1.54) is 0 Å². The number of nitrogens with zero attached hydrogens (tertiary/aromatic N) is 3. The highest BCUT2D eigenvalue weighted by Gasteiger charge is 2.31. The molecule has 0 saturated heterocycles. The topological polar surface area (TPSA) is 59.4 Å². The quantitative estimate of drug-likeness (QED) is 0.636. The van der Waals surface area contributed by atoms with Gasteiger partial charge in [-0.3, -0.25) is 9.48 Å². The van der Waals surface area contributed by atoms with Crippen molar-refractivity contribution < 1.29 is 9.53 Å². The second-order valence-corrected chi connectivity index (χ2v) is 7.37. The van der Waals surface area contributed by atoms with Crippen molar-refractivity contribution in [2.75, 3.05) is 18.0 Å². The smallest absolute Gasteiger partial charge is 0.263 e. The Morgan fingerprint density at radius 1 is 1.18 bits per heavy atom. The number of ether oxygens (including phenoxy) is 1. The first kappa shape index (κ1) is 20.2. The summed E-state index contributed by atoms with van der Waals surface area (Å²) in [5, 5.41) is 7.37. The maximum Gasteiger partial charge on any atom is 0.263 e. The molecule has 0 fully saturated rings. The molecule has 0 radical (unpaired) electrons. The van der Waals surface area contributed by atoms with Crippen LogP contribution in [0.4, 0.5) is 5.69 Å². The molecule has 1 unspecified atom stereocenters. The van der Waals surface area contributed by atoms with E-state index in [4.69, 9.17) is 4.74 Å². The van der Waals surface area contributed by atoms with Crippen molar-refractivity contribution >= 4 is 11.6 Å². The fourth-order valence-corrected chi connectivity index (χ4v) is 3.63. The Morgan fingerprint density at radius 2 is 1.96 bits per heavy atom. The lowest BCUT2D eigenvalue weighted by molar-refractivity contribution is -0.128. The van der Waals surface area contributed by atoms with Crippen molar-refractivity contribution in [3.63, 3.8) is 0 Å². The first-order valence-corrected chi connectivity index (χ1v) is 10.5. The third-order valence-corrected chi connectivity index (χ3v) is 5.36. The van der Waals surface area contributed by atoms with Crippen LogP contribution < -0.4 is 15.0 Å². The maximum atomic E-state index is 12.7. The molecule has 0 aliphatic carbocycles. The highest BCUT2D eigenvalue weighted by atomic mass is 16.5. The van der Waals surface area contributed by atoms with Crippen LogP contribution in [0.2, 0.25) is 0 Å². The van der Waals surface area contributed by atoms with Crippen molar-refractivity contribution in [1.29, 1.82) is 0 Å². The monoisotopic (exact) mass is 384 g/mol. The van der Waals surface area contributed by atoms with Gasteiger partial charge in [0.15, 0.2) is 6.10 Å². The number of carbonyl (C=O) groups excluding carboxylic acids is 1. The predicted molar refractivity (Wildman–Crippen MR) is 112 cm³/mol. The minimum Gasteiger partial charge on any atom is -0.477 e. The van der Waals surface area contributed by atoms with Crippen LogP contribution in [0, 0.1) is 0 Å². The highest BCUT2D eigenvalue weighted by Crippen LogP contribution is 2.33. The number of fused-ring (bicyclic) bond motifs is 1. The van der Waals surface area contributed by atoms with E-state index in [-0.39, 0.29) is 11.9 Å². The second kappa shape index (κ2) is 10.2. The van der Waals surface area contributed by atoms with Gasteiger partial charge in [-0.15, -0.1) is 0 Å². The van der Waals surface area contributed by atoms with E-state index in [0.717, 1.165) is 56.6 Å². The van der Waals surface area contributed by atoms with Gasteiger partial charge in [0, 0.05) is 31.5 Å². The van der Waals surface area contributed by atoms with Gasteiger partial charge in [-0.05, 0) is 50.3 Å². The van der Waals surface area contributed by atoms with Crippen molar-refractivity contribution in [2.24, 2.45) is 0 Å². The molecule has 0 saturated carbocycles. The SMILES string of the molecule is CCC(CC)NC(=O)C1CN(CCCCCn2cccn2)c2ccccc2O1. The lowest BCUT2D eigenvalue weighted by Crippen LogP contribution is -2.51. The number of nitrogens with one attached hydrogen (secondary N) is 1. The van der Waals surface area contributed by atoms with Gasteiger partial charge in [0.2, 0.25) is 0 Å². The van der Waals surface area contributed by atoms with E-state index in [2.05, 4.69) is 35.2 Å². The minimum atomic E-state index is -0.459. The van der Waals surface area contributed by atoms with Crippen LogP contribution in [0.1, 0.15) is 46.0 Å². The molecule has 1 aliphatic heterocycles. The third-order valence-electron chi connectivity index (χ3n) is 5.36. The Kier molecular flexibility index (Phi) is 7.34. The van der Waals surface area contributed by atoms with Crippen LogP contribution in [0.25, 0.3) is 0 Å². The summed E-state index contributed by atoms with van der Waals surface area (Å²) in [7, 11) is 0. The summed E-state index contributed by atoms with van der Waals surface area (Å²) in [5.74, 6) is 0.793. The van der Waals surface area contributed by atoms with E-state index in [1.54, 1.807) is 0 Å². The molecule has 1 aromatic carbocycles. The van der Waals surface area contributed by atoms with Gasteiger partial charge in [0.05, 0.1) is 12.2 Å². The minimum absolute atomic E-state index is 0.00751. The summed E-state index contributed by atoms with van der Waals surface area (Å²) >= 11 is 0. The number of benzene rings is 1. The maximum absolute atomic E-state index is 12.7. The number of amides is 1. The number of unbranched alkanes of at least 4 members (excludes halogenated alkanes) is 2. The van der Waals surface area contributed by atoms with Crippen LogP contribution in [-0.2, 0) is 11.3 Å². The van der Waals surface area contributed by atoms with Gasteiger partial charge in [-0.2, -0.15) is 5.10 Å². The Bertz CT molecular complexity index is 728. The number of anilines is 1. The Hall–Kier alpha value is -2.50. The summed E-state index contributed by atoms with van der Waals surface area (Å²) in [6.07, 6.45) is 8.54. The van der Waals surface area contributed by atoms with Gasteiger partial charge in [0.1, 0.15) is 5.75 Å². The van der Waals surface area contributed by atoms with Gasteiger partial charge in [0.25, 0.3) is 5.91 Å². The first-order chi connectivity index (χ1) is 13.7. The van der Waals surface area contributed by atoms with Gasteiger partial charge < -0.3 is 15.0 Å². The van der Waals surface area contributed by atoms with Crippen molar-refractivity contribution in [1.82, 2.24) is 15.1 Å². The van der Waals surface area contributed by atoms with Crippen molar-refractivity contribution in [2.45, 2.75) is 64.6 Å². The molecular formula is C22H32N4O2. The van der Waals surface area contributed by atoms with Crippen LogP contribution in [-0.4, -0.2) is 40.9 Å². The molecule has 152 valence electrons. The number of para-hydroxylation sites is 2. The fraction of sp³-hybridized carbons (Fsp3) is 0.545. The summed E-state index contributed by atoms with van der Waals surface area (Å²) in [6.45, 7) is 6.67. The molecule has 28 heavy (non-hydrogen) atoms. The number of rotatable bonds is 10. The lowest BCUT2D eigenvalue weighted by atomic mass is 10.1. The van der Waals surface area contributed by atoms with Crippen molar-refractivity contribution in [3.05, 3.63) is 42.7 Å². The fourth-order valence-electron chi connectivity index (χ4n) is 3.63. The van der Waals surface area contributed by atoms with Crippen LogP contribution in [0.5, 0.6) is 5.75 Å². The molecular weight excluding hydrogens is 352 g/mol. The van der Waals surface area contributed by atoms with Gasteiger partial charge in [-0.1, -0.05) is 26.0 Å². The van der Waals surface area contributed by atoms with E-state index >= 15 is 0 Å².